The second-order valence-corrected chi connectivity index (χ2v) is 9.75. The highest BCUT2D eigenvalue weighted by molar-refractivity contribution is 6.46. The fourth-order valence-corrected chi connectivity index (χ4v) is 5.42. The molecule has 216 valence electrons. The third kappa shape index (κ3) is 5.57. The highest BCUT2D eigenvalue weighted by Crippen LogP contribution is 2.44. The number of aliphatic hydroxyl groups excluding tert-OH is 1. The van der Waals surface area contributed by atoms with E-state index in [0.717, 1.165) is 19.6 Å². The van der Waals surface area contributed by atoms with E-state index in [2.05, 4.69) is 9.88 Å². The molecule has 0 radical (unpaired) electrons. The molecule has 2 fully saturated rings. The standard InChI is InChI=1S/C29H37N3O8/c1-6-40-29(36)24-17(2)22(18(3)30-24)26(33)23-25(20-16-19(37-4)8-9-21(20)38-5)32(28(35)27(23)34)11-7-10-31-12-14-39-15-13-31/h8-9,16,25,30,33H,6-7,10-15H2,1-5H3/t25-/m0/s1. The van der Waals surface area contributed by atoms with Crippen molar-refractivity contribution in [2.45, 2.75) is 33.2 Å². The second-order valence-electron chi connectivity index (χ2n) is 9.75. The summed E-state index contributed by atoms with van der Waals surface area (Å²) in [7, 11) is 3.02. The van der Waals surface area contributed by atoms with Crippen LogP contribution in [0.4, 0.5) is 0 Å². The molecule has 1 atom stereocenters. The summed E-state index contributed by atoms with van der Waals surface area (Å²) in [5.41, 5.74) is 1.77. The van der Waals surface area contributed by atoms with Crippen LogP contribution in [0.5, 0.6) is 11.5 Å². The Morgan fingerprint density at radius 1 is 1.12 bits per heavy atom. The van der Waals surface area contributed by atoms with Crippen LogP contribution in [0, 0.1) is 13.8 Å². The molecule has 11 nitrogen and oxygen atoms in total. The molecule has 0 aliphatic carbocycles. The maximum atomic E-state index is 13.6. The van der Waals surface area contributed by atoms with Crippen LogP contribution in [0.2, 0.25) is 0 Å². The summed E-state index contributed by atoms with van der Waals surface area (Å²) in [4.78, 5) is 46.3. The molecule has 2 aliphatic heterocycles. The Balaban J connectivity index is 1.82. The molecule has 1 aromatic heterocycles. The number of aryl methyl sites for hydroxylation is 1. The summed E-state index contributed by atoms with van der Waals surface area (Å²) in [5, 5.41) is 11.7. The molecular weight excluding hydrogens is 518 g/mol. The molecule has 4 rings (SSSR count). The maximum absolute atomic E-state index is 13.6. The number of aromatic nitrogens is 1. The van der Waals surface area contributed by atoms with Gasteiger partial charge in [-0.05, 0) is 51.0 Å². The Morgan fingerprint density at radius 3 is 2.50 bits per heavy atom. The summed E-state index contributed by atoms with van der Waals surface area (Å²) in [5.74, 6) is -1.52. The third-order valence-corrected chi connectivity index (χ3v) is 7.40. The normalized spacial score (nSPS) is 19.2. The first kappa shape index (κ1) is 29.2. The number of ether oxygens (including phenoxy) is 4. The van der Waals surface area contributed by atoms with Crippen molar-refractivity contribution in [3.05, 3.63) is 51.9 Å². The predicted octanol–water partition coefficient (Wildman–Crippen LogP) is 2.97. The number of hydrogen-bond donors (Lipinski definition) is 2. The zero-order valence-electron chi connectivity index (χ0n) is 23.7. The molecule has 0 unspecified atom stereocenters. The van der Waals surface area contributed by atoms with Gasteiger partial charge in [0.2, 0.25) is 0 Å². The first-order valence-electron chi connectivity index (χ1n) is 13.4. The molecule has 2 N–H and O–H groups in total. The smallest absolute Gasteiger partial charge is 0.355 e. The number of hydrogen-bond acceptors (Lipinski definition) is 9. The number of carbonyl (C=O) groups is 3. The Morgan fingerprint density at radius 2 is 1.85 bits per heavy atom. The number of H-pyrrole nitrogens is 1. The van der Waals surface area contributed by atoms with Crippen LogP contribution in [-0.2, 0) is 19.1 Å². The van der Waals surface area contributed by atoms with Crippen LogP contribution in [0.3, 0.4) is 0 Å². The lowest BCUT2D eigenvalue weighted by Gasteiger charge is -2.29. The van der Waals surface area contributed by atoms with Crippen molar-refractivity contribution in [3.63, 3.8) is 0 Å². The number of morpholine rings is 1. The van der Waals surface area contributed by atoms with Gasteiger partial charge >= 0.3 is 5.97 Å². The molecule has 2 saturated heterocycles. The van der Waals surface area contributed by atoms with Gasteiger partial charge in [-0.2, -0.15) is 0 Å². The van der Waals surface area contributed by atoms with E-state index >= 15 is 0 Å². The summed E-state index contributed by atoms with van der Waals surface area (Å²) < 4.78 is 21.6. The number of Topliss-reactive ketones (excluding diaryl/α,β-unsaturated/α-hetero) is 1. The van der Waals surface area contributed by atoms with Crippen molar-refractivity contribution in [1.29, 1.82) is 0 Å². The van der Waals surface area contributed by atoms with Crippen LogP contribution in [0.25, 0.3) is 5.76 Å². The summed E-state index contributed by atoms with van der Waals surface area (Å²) in [6, 6.07) is 4.19. The van der Waals surface area contributed by atoms with Crippen LogP contribution >= 0.6 is 0 Å². The number of aromatic amines is 1. The molecule has 40 heavy (non-hydrogen) atoms. The van der Waals surface area contributed by atoms with Gasteiger partial charge in [0.25, 0.3) is 11.7 Å². The van der Waals surface area contributed by atoms with Crippen LogP contribution in [0.1, 0.15) is 52.3 Å². The average Bonchev–Trinajstić information content (AvgIpc) is 3.40. The number of ketones is 1. The number of nitrogens with one attached hydrogen (secondary N) is 1. The summed E-state index contributed by atoms with van der Waals surface area (Å²) >= 11 is 0. The predicted molar refractivity (Wildman–Crippen MR) is 147 cm³/mol. The van der Waals surface area contributed by atoms with Crippen molar-refractivity contribution in [3.8, 4) is 11.5 Å². The lowest BCUT2D eigenvalue weighted by Crippen LogP contribution is -2.39. The number of aliphatic hydroxyl groups is 1. The zero-order valence-corrected chi connectivity index (χ0v) is 23.7. The Bertz CT molecular complexity index is 1310. The molecule has 3 heterocycles. The Kier molecular flexibility index (Phi) is 9.16. The van der Waals surface area contributed by atoms with E-state index in [1.165, 1.54) is 19.1 Å². The number of amides is 1. The van der Waals surface area contributed by atoms with Gasteiger partial charge in [0.1, 0.15) is 23.0 Å². The van der Waals surface area contributed by atoms with Crippen LogP contribution < -0.4 is 9.47 Å². The fraction of sp³-hybridized carbons (Fsp3) is 0.483. The number of rotatable bonds is 10. The fourth-order valence-electron chi connectivity index (χ4n) is 5.42. The topological polar surface area (TPSA) is 131 Å². The molecule has 2 aliphatic rings. The zero-order chi connectivity index (χ0) is 29.0. The number of esters is 1. The number of carbonyl (C=O) groups excluding carboxylic acids is 3. The lowest BCUT2D eigenvalue weighted by atomic mass is 9.93. The van der Waals surface area contributed by atoms with Crippen molar-refractivity contribution >= 4 is 23.4 Å². The van der Waals surface area contributed by atoms with Gasteiger partial charge in [0.15, 0.2) is 0 Å². The third-order valence-electron chi connectivity index (χ3n) is 7.40. The van der Waals surface area contributed by atoms with E-state index in [4.69, 9.17) is 18.9 Å². The van der Waals surface area contributed by atoms with E-state index in [-0.39, 0.29) is 35.7 Å². The first-order chi connectivity index (χ1) is 19.2. The molecule has 1 aromatic carbocycles. The number of benzene rings is 1. The highest BCUT2D eigenvalue weighted by Gasteiger charge is 2.47. The Hall–Kier alpha value is -3.83. The molecule has 1 amide bonds. The minimum Gasteiger partial charge on any atom is -0.507 e. The van der Waals surface area contributed by atoms with Gasteiger partial charge in [-0.1, -0.05) is 0 Å². The quantitative estimate of drug-likeness (QED) is 0.197. The van der Waals surface area contributed by atoms with Crippen LogP contribution in [-0.4, -0.2) is 97.8 Å². The van der Waals surface area contributed by atoms with Crippen molar-refractivity contribution in [1.82, 2.24) is 14.8 Å². The molecule has 0 bridgehead atoms. The van der Waals surface area contributed by atoms with Crippen molar-refractivity contribution in [2.75, 3.05) is 60.2 Å². The van der Waals surface area contributed by atoms with Gasteiger partial charge in [0, 0.05) is 43.0 Å². The molecule has 11 heteroatoms. The van der Waals surface area contributed by atoms with E-state index < -0.39 is 23.7 Å². The van der Waals surface area contributed by atoms with Gasteiger partial charge in [-0.3, -0.25) is 14.5 Å². The van der Waals surface area contributed by atoms with Crippen molar-refractivity contribution < 1.29 is 38.4 Å². The number of likely N-dealkylation sites (tertiary alicyclic amines) is 1. The highest BCUT2D eigenvalue weighted by atomic mass is 16.5. The minimum atomic E-state index is -0.936. The number of methoxy groups -OCH3 is 2. The molecule has 2 aromatic rings. The average molecular weight is 556 g/mol. The Labute approximate surface area is 233 Å². The van der Waals surface area contributed by atoms with Gasteiger partial charge in [0.05, 0.1) is 45.7 Å². The SMILES string of the molecule is CCOC(=O)c1[nH]c(C)c(C(O)=C2C(=O)C(=O)N(CCCN3CCOCC3)[C@H]2c2cc(OC)ccc2OC)c1C. The maximum Gasteiger partial charge on any atom is 0.355 e. The van der Waals surface area contributed by atoms with Gasteiger partial charge < -0.3 is 33.9 Å². The second kappa shape index (κ2) is 12.6. The van der Waals surface area contributed by atoms with E-state index in [0.29, 0.717) is 48.0 Å². The van der Waals surface area contributed by atoms with Gasteiger partial charge in [-0.25, -0.2) is 4.79 Å². The summed E-state index contributed by atoms with van der Waals surface area (Å²) in [6.45, 7) is 9.17. The molecule has 0 spiro atoms. The van der Waals surface area contributed by atoms with Crippen LogP contribution in [0.15, 0.2) is 23.8 Å². The van der Waals surface area contributed by atoms with Gasteiger partial charge in [-0.15, -0.1) is 0 Å². The van der Waals surface area contributed by atoms with Crippen molar-refractivity contribution in [2.24, 2.45) is 0 Å². The lowest BCUT2D eigenvalue weighted by molar-refractivity contribution is -0.140. The first-order valence-corrected chi connectivity index (χ1v) is 13.4. The minimum absolute atomic E-state index is 0.0801. The molecular formula is C29H37N3O8. The van der Waals surface area contributed by atoms with E-state index in [1.54, 1.807) is 39.0 Å². The van der Waals surface area contributed by atoms with E-state index in [9.17, 15) is 19.5 Å². The summed E-state index contributed by atoms with van der Waals surface area (Å²) in [6.07, 6.45) is 0.616. The largest absolute Gasteiger partial charge is 0.507 e. The number of nitrogens with zero attached hydrogens (tertiary/aromatic N) is 2. The van der Waals surface area contributed by atoms with E-state index in [1.807, 2.05) is 0 Å². The molecule has 0 saturated carbocycles. The monoisotopic (exact) mass is 555 g/mol.